The number of pyridine rings is 1. The minimum absolute atomic E-state index is 0.322. The summed E-state index contributed by atoms with van der Waals surface area (Å²) < 4.78 is 11.6. The van der Waals surface area contributed by atoms with E-state index < -0.39 is 0 Å². The van der Waals surface area contributed by atoms with Crippen LogP contribution in [-0.2, 0) is 6.61 Å². The van der Waals surface area contributed by atoms with E-state index in [2.05, 4.69) is 34.6 Å². The third-order valence-corrected chi connectivity index (χ3v) is 4.09. The highest BCUT2D eigenvalue weighted by molar-refractivity contribution is 5.94. The Bertz CT molecular complexity index is 970. The SMILES string of the molecule is CCOc1cc(/C=N\NC(=O)c2cccnc2)ccc1OCc1ccc(C)cc1. The molecular formula is C23H23N3O3. The van der Waals surface area contributed by atoms with Gasteiger partial charge in [0.2, 0.25) is 0 Å². The summed E-state index contributed by atoms with van der Waals surface area (Å²) in [7, 11) is 0. The molecule has 6 nitrogen and oxygen atoms in total. The minimum atomic E-state index is -0.322. The van der Waals surface area contributed by atoms with Crippen LogP contribution in [0.2, 0.25) is 0 Å². The number of hydrazone groups is 1. The molecule has 0 spiro atoms. The first kappa shape index (κ1) is 20.1. The lowest BCUT2D eigenvalue weighted by atomic mass is 10.2. The molecular weight excluding hydrogens is 366 g/mol. The molecule has 1 amide bonds. The van der Waals surface area contributed by atoms with E-state index in [1.54, 1.807) is 24.5 Å². The van der Waals surface area contributed by atoms with Crippen molar-refractivity contribution in [2.24, 2.45) is 5.10 Å². The summed E-state index contributed by atoms with van der Waals surface area (Å²) in [5.41, 5.74) is 6.00. The van der Waals surface area contributed by atoms with Crippen molar-refractivity contribution >= 4 is 12.1 Å². The number of aromatic nitrogens is 1. The van der Waals surface area contributed by atoms with Gasteiger partial charge in [-0.2, -0.15) is 5.10 Å². The number of nitrogens with one attached hydrogen (secondary N) is 1. The number of carbonyl (C=O) groups is 1. The third-order valence-electron chi connectivity index (χ3n) is 4.09. The van der Waals surface area contributed by atoms with E-state index in [4.69, 9.17) is 9.47 Å². The number of hydrogen-bond donors (Lipinski definition) is 1. The molecule has 0 saturated carbocycles. The number of carbonyl (C=O) groups excluding carboxylic acids is 1. The minimum Gasteiger partial charge on any atom is -0.490 e. The van der Waals surface area contributed by atoms with E-state index in [9.17, 15) is 4.79 Å². The van der Waals surface area contributed by atoms with Crippen molar-refractivity contribution in [1.82, 2.24) is 10.4 Å². The van der Waals surface area contributed by atoms with Gasteiger partial charge in [-0.05, 0) is 55.3 Å². The summed E-state index contributed by atoms with van der Waals surface area (Å²) in [5.74, 6) is 0.962. The van der Waals surface area contributed by atoms with Crippen LogP contribution in [0, 0.1) is 6.92 Å². The Balaban J connectivity index is 1.65. The van der Waals surface area contributed by atoms with Gasteiger partial charge in [0, 0.05) is 12.4 Å². The van der Waals surface area contributed by atoms with Crippen LogP contribution in [0.5, 0.6) is 11.5 Å². The summed E-state index contributed by atoms with van der Waals surface area (Å²) in [6.45, 7) is 4.93. The Kier molecular flexibility index (Phi) is 6.95. The van der Waals surface area contributed by atoms with E-state index in [0.29, 0.717) is 30.3 Å². The van der Waals surface area contributed by atoms with Crippen LogP contribution >= 0.6 is 0 Å². The smallest absolute Gasteiger partial charge is 0.272 e. The number of rotatable bonds is 8. The average molecular weight is 389 g/mol. The highest BCUT2D eigenvalue weighted by Crippen LogP contribution is 2.29. The lowest BCUT2D eigenvalue weighted by Gasteiger charge is -2.12. The van der Waals surface area contributed by atoms with Crippen LogP contribution in [0.1, 0.15) is 34.0 Å². The molecule has 148 valence electrons. The number of ether oxygens (including phenoxy) is 2. The molecule has 3 rings (SSSR count). The zero-order valence-corrected chi connectivity index (χ0v) is 16.5. The van der Waals surface area contributed by atoms with Crippen molar-refractivity contribution in [3.63, 3.8) is 0 Å². The van der Waals surface area contributed by atoms with E-state index in [0.717, 1.165) is 11.1 Å². The molecule has 3 aromatic rings. The number of aryl methyl sites for hydroxylation is 1. The fraction of sp³-hybridized carbons (Fsp3) is 0.174. The zero-order valence-electron chi connectivity index (χ0n) is 16.5. The average Bonchev–Trinajstić information content (AvgIpc) is 2.75. The molecule has 29 heavy (non-hydrogen) atoms. The molecule has 1 N–H and O–H groups in total. The largest absolute Gasteiger partial charge is 0.490 e. The fourth-order valence-electron chi connectivity index (χ4n) is 2.56. The van der Waals surface area contributed by atoms with Crippen LogP contribution in [0.15, 0.2) is 72.1 Å². The molecule has 0 radical (unpaired) electrons. The Morgan fingerprint density at radius 1 is 1.10 bits per heavy atom. The summed E-state index contributed by atoms with van der Waals surface area (Å²) >= 11 is 0. The van der Waals surface area contributed by atoms with Crippen molar-refractivity contribution in [2.75, 3.05) is 6.61 Å². The van der Waals surface area contributed by atoms with E-state index in [1.165, 1.54) is 11.8 Å². The van der Waals surface area contributed by atoms with Crippen LogP contribution in [0.25, 0.3) is 0 Å². The van der Waals surface area contributed by atoms with E-state index >= 15 is 0 Å². The van der Waals surface area contributed by atoms with Gasteiger partial charge >= 0.3 is 0 Å². The molecule has 0 atom stereocenters. The van der Waals surface area contributed by atoms with Crippen LogP contribution in [0.3, 0.4) is 0 Å². The molecule has 0 aliphatic heterocycles. The zero-order chi connectivity index (χ0) is 20.5. The molecule has 1 heterocycles. The topological polar surface area (TPSA) is 72.8 Å². The Hall–Kier alpha value is -3.67. The predicted molar refractivity (Wildman–Crippen MR) is 112 cm³/mol. The highest BCUT2D eigenvalue weighted by atomic mass is 16.5. The van der Waals surface area contributed by atoms with Gasteiger partial charge in [-0.15, -0.1) is 0 Å². The van der Waals surface area contributed by atoms with Crippen molar-refractivity contribution in [3.05, 3.63) is 89.2 Å². The lowest BCUT2D eigenvalue weighted by Crippen LogP contribution is -2.17. The molecule has 0 aliphatic rings. The summed E-state index contributed by atoms with van der Waals surface area (Å²) in [6, 6.07) is 17.1. The molecule has 0 fully saturated rings. The number of benzene rings is 2. The summed E-state index contributed by atoms with van der Waals surface area (Å²) in [5, 5.41) is 4.00. The van der Waals surface area contributed by atoms with Gasteiger partial charge in [0.1, 0.15) is 6.61 Å². The molecule has 0 bridgehead atoms. The van der Waals surface area contributed by atoms with Gasteiger partial charge in [0.25, 0.3) is 5.91 Å². The first-order chi connectivity index (χ1) is 14.2. The van der Waals surface area contributed by atoms with E-state index in [-0.39, 0.29) is 5.91 Å². The van der Waals surface area contributed by atoms with Crippen molar-refractivity contribution in [1.29, 1.82) is 0 Å². The molecule has 6 heteroatoms. The van der Waals surface area contributed by atoms with Crippen LogP contribution < -0.4 is 14.9 Å². The third kappa shape index (κ3) is 5.90. The monoisotopic (exact) mass is 389 g/mol. The Morgan fingerprint density at radius 3 is 2.66 bits per heavy atom. The number of amides is 1. The standard InChI is InChI=1S/C23H23N3O3/c1-3-28-22-13-19(14-25-26-23(27)20-5-4-12-24-15-20)10-11-21(22)29-16-18-8-6-17(2)7-9-18/h4-15H,3,16H2,1-2H3,(H,26,27)/b25-14-. The van der Waals surface area contributed by atoms with Crippen molar-refractivity contribution < 1.29 is 14.3 Å². The van der Waals surface area contributed by atoms with Gasteiger partial charge in [-0.1, -0.05) is 29.8 Å². The maximum Gasteiger partial charge on any atom is 0.272 e. The molecule has 0 unspecified atom stereocenters. The first-order valence-corrected chi connectivity index (χ1v) is 9.34. The second-order valence-corrected chi connectivity index (χ2v) is 6.35. The molecule has 2 aromatic carbocycles. The molecule has 1 aromatic heterocycles. The van der Waals surface area contributed by atoms with Crippen molar-refractivity contribution in [2.45, 2.75) is 20.5 Å². The Labute approximate surface area is 170 Å². The van der Waals surface area contributed by atoms with Gasteiger partial charge in [-0.3, -0.25) is 9.78 Å². The quantitative estimate of drug-likeness (QED) is 0.464. The normalized spacial score (nSPS) is 10.7. The Morgan fingerprint density at radius 2 is 1.93 bits per heavy atom. The van der Waals surface area contributed by atoms with Gasteiger partial charge in [-0.25, -0.2) is 5.43 Å². The second kappa shape index (κ2) is 10.0. The second-order valence-electron chi connectivity index (χ2n) is 6.35. The lowest BCUT2D eigenvalue weighted by molar-refractivity contribution is 0.0955. The maximum atomic E-state index is 12.0. The van der Waals surface area contributed by atoms with Gasteiger partial charge in [0.15, 0.2) is 11.5 Å². The number of nitrogens with zero attached hydrogens (tertiary/aromatic N) is 2. The molecule has 0 aliphatic carbocycles. The van der Waals surface area contributed by atoms with Crippen LogP contribution in [0.4, 0.5) is 0 Å². The summed E-state index contributed by atoms with van der Waals surface area (Å²) in [4.78, 5) is 15.9. The maximum absolute atomic E-state index is 12.0. The van der Waals surface area contributed by atoms with Gasteiger partial charge < -0.3 is 9.47 Å². The fourth-order valence-corrected chi connectivity index (χ4v) is 2.56. The summed E-state index contributed by atoms with van der Waals surface area (Å²) in [6.07, 6.45) is 4.65. The van der Waals surface area contributed by atoms with E-state index in [1.807, 2.05) is 37.3 Å². The first-order valence-electron chi connectivity index (χ1n) is 9.34. The van der Waals surface area contributed by atoms with Crippen molar-refractivity contribution in [3.8, 4) is 11.5 Å². The highest BCUT2D eigenvalue weighted by Gasteiger charge is 2.07. The predicted octanol–water partition coefficient (Wildman–Crippen LogP) is 4.13. The molecule has 0 saturated heterocycles. The van der Waals surface area contributed by atoms with Gasteiger partial charge in [0.05, 0.1) is 18.4 Å². The van der Waals surface area contributed by atoms with Crippen LogP contribution in [-0.4, -0.2) is 23.7 Å². The number of hydrogen-bond acceptors (Lipinski definition) is 5.